The van der Waals surface area contributed by atoms with Crippen LogP contribution in [0.3, 0.4) is 0 Å². The number of hydrogen-bond donors (Lipinski definition) is 4. The van der Waals surface area contributed by atoms with Crippen molar-refractivity contribution in [3.63, 3.8) is 0 Å². The van der Waals surface area contributed by atoms with Crippen LogP contribution in [0.2, 0.25) is 0 Å². The Morgan fingerprint density at radius 1 is 0.704 bits per heavy atom. The smallest absolute Gasteiger partial charge is 0.328 e. The second kappa shape index (κ2) is 37.6. The van der Waals surface area contributed by atoms with E-state index < -0.39 is 71.8 Å². The number of fused-ring (bicyclic) bond motifs is 1. The summed E-state index contributed by atoms with van der Waals surface area (Å²) in [7, 11) is 1.22. The highest BCUT2D eigenvalue weighted by atomic mass is 35.5. The zero-order valence-electron chi connectivity index (χ0n) is 44.1. The fourth-order valence-corrected chi connectivity index (χ4v) is 8.89. The molecule has 0 radical (unpaired) electrons. The van der Waals surface area contributed by atoms with Crippen LogP contribution in [0.25, 0.3) is 11.2 Å². The van der Waals surface area contributed by atoms with Crippen molar-refractivity contribution < 1.29 is 42.9 Å². The average Bonchev–Trinajstić information content (AvgIpc) is 3.92. The molecule has 3 rings (SSSR count). The van der Waals surface area contributed by atoms with Gasteiger partial charge in [-0.05, 0) is 38.6 Å². The number of rotatable bonds is 40. The molecule has 1 aliphatic rings. The van der Waals surface area contributed by atoms with Gasteiger partial charge in [0.05, 0.1) is 13.4 Å². The fraction of sp³-hybridized carbons (Fsp3) is 0.811. The number of halogens is 1. The van der Waals surface area contributed by atoms with Gasteiger partial charge in [0.25, 0.3) is 11.5 Å². The van der Waals surface area contributed by atoms with Gasteiger partial charge in [0.1, 0.15) is 6.04 Å². The molecule has 1 saturated heterocycles. The van der Waals surface area contributed by atoms with E-state index in [1.54, 1.807) is 13.8 Å². The number of aromatic amines is 1. The summed E-state index contributed by atoms with van der Waals surface area (Å²) in [5, 5.41) is 5.32. The molecule has 406 valence electrons. The predicted molar refractivity (Wildman–Crippen MR) is 280 cm³/mol. The Kier molecular flexibility index (Phi) is 33.4. The van der Waals surface area contributed by atoms with Crippen LogP contribution in [0.4, 0.5) is 5.95 Å². The molecule has 1 aliphatic heterocycles. The Bertz CT molecular complexity index is 1880. The fourth-order valence-electron chi connectivity index (χ4n) is 8.89. The number of methoxy groups -OCH3 is 1. The zero-order chi connectivity index (χ0) is 50.9. The Morgan fingerprint density at radius 2 is 1.17 bits per heavy atom. The number of nitrogens with zero attached hydrogens (tertiary/aromatic N) is 3. The number of unbranched alkanes of at least 4 members (excludes halogenated alkanes) is 25. The van der Waals surface area contributed by atoms with E-state index in [0.717, 1.165) is 51.4 Å². The maximum absolute atomic E-state index is 14.4. The summed E-state index contributed by atoms with van der Waals surface area (Å²) in [5.74, 6) is -3.66. The van der Waals surface area contributed by atoms with Gasteiger partial charge >= 0.3 is 17.9 Å². The number of aromatic nitrogens is 4. The minimum absolute atomic E-state index is 0. The van der Waals surface area contributed by atoms with Crippen LogP contribution >= 0.6 is 12.4 Å². The third-order valence-corrected chi connectivity index (χ3v) is 13.2. The largest absolute Gasteiger partial charge is 0.467 e. The minimum atomic E-state index is -1.59. The first-order valence-corrected chi connectivity index (χ1v) is 27.4. The number of nitrogens with two attached hydrogens (primary N) is 1. The highest BCUT2D eigenvalue weighted by Gasteiger charge is 2.54. The average molecular weight is 1020 g/mol. The summed E-state index contributed by atoms with van der Waals surface area (Å²) >= 11 is 0. The van der Waals surface area contributed by atoms with Crippen LogP contribution < -0.4 is 21.9 Å². The van der Waals surface area contributed by atoms with Crippen molar-refractivity contribution >= 4 is 59.2 Å². The number of nitrogens with one attached hydrogen (secondary N) is 3. The van der Waals surface area contributed by atoms with Crippen molar-refractivity contribution in [3.05, 3.63) is 16.7 Å². The lowest BCUT2D eigenvalue weighted by Crippen LogP contribution is -2.51. The van der Waals surface area contributed by atoms with Crippen molar-refractivity contribution in [1.29, 1.82) is 0 Å². The van der Waals surface area contributed by atoms with Crippen LogP contribution in [0, 0.1) is 5.92 Å². The second-order valence-electron chi connectivity index (χ2n) is 19.6. The molecule has 0 saturated carbocycles. The van der Waals surface area contributed by atoms with Crippen LogP contribution in [0.15, 0.2) is 11.1 Å². The number of anilines is 1. The summed E-state index contributed by atoms with van der Waals surface area (Å²) in [6.07, 6.45) is 26.5. The van der Waals surface area contributed by atoms with Gasteiger partial charge in [0.15, 0.2) is 35.7 Å². The number of amides is 2. The van der Waals surface area contributed by atoms with Gasteiger partial charge < -0.3 is 30.0 Å². The number of ether oxygens (including phenoxy) is 4. The number of imidazole rings is 1. The molecule has 0 spiro atoms. The summed E-state index contributed by atoms with van der Waals surface area (Å²) in [6.45, 7) is 8.23. The van der Waals surface area contributed by atoms with Gasteiger partial charge in [-0.3, -0.25) is 38.8 Å². The third-order valence-electron chi connectivity index (χ3n) is 13.2. The summed E-state index contributed by atoms with van der Waals surface area (Å²) in [6, 6.07) is -1.08. The second-order valence-corrected chi connectivity index (χ2v) is 19.6. The van der Waals surface area contributed by atoms with Crippen LogP contribution in [-0.2, 0) is 42.9 Å². The third kappa shape index (κ3) is 24.0. The molecule has 2 amide bonds. The van der Waals surface area contributed by atoms with Crippen molar-refractivity contribution in [3.8, 4) is 0 Å². The molecule has 71 heavy (non-hydrogen) atoms. The monoisotopic (exact) mass is 1020 g/mol. The van der Waals surface area contributed by atoms with Crippen molar-refractivity contribution in [2.24, 2.45) is 11.7 Å². The van der Waals surface area contributed by atoms with Gasteiger partial charge in [-0.25, -0.2) is 9.78 Å². The summed E-state index contributed by atoms with van der Waals surface area (Å²) < 4.78 is 25.1. The molecule has 0 aromatic carbocycles. The van der Waals surface area contributed by atoms with Gasteiger partial charge in [0, 0.05) is 18.8 Å². The first kappa shape index (κ1) is 63.0. The topological polar surface area (TPSA) is 236 Å². The van der Waals surface area contributed by atoms with Gasteiger partial charge in [0.2, 0.25) is 11.9 Å². The molecule has 0 bridgehead atoms. The van der Waals surface area contributed by atoms with E-state index in [1.807, 2.05) is 0 Å². The molecule has 17 nitrogen and oxygen atoms in total. The van der Waals surface area contributed by atoms with E-state index in [1.165, 1.54) is 121 Å². The summed E-state index contributed by atoms with van der Waals surface area (Å²) in [5.41, 5.74) is 4.90. The first-order valence-electron chi connectivity index (χ1n) is 27.4. The Labute approximate surface area is 430 Å². The lowest BCUT2D eigenvalue weighted by Gasteiger charge is -2.25. The minimum Gasteiger partial charge on any atom is -0.467 e. The van der Waals surface area contributed by atoms with E-state index in [-0.39, 0.29) is 48.8 Å². The molecule has 5 N–H and O–H groups in total. The lowest BCUT2D eigenvalue weighted by atomic mass is 10.0. The highest BCUT2D eigenvalue weighted by Crippen LogP contribution is 2.36. The van der Waals surface area contributed by atoms with Crippen LogP contribution in [0.5, 0.6) is 0 Å². The first-order chi connectivity index (χ1) is 33.9. The molecule has 3 heterocycles. The maximum Gasteiger partial charge on any atom is 0.328 e. The van der Waals surface area contributed by atoms with Crippen LogP contribution in [0.1, 0.15) is 233 Å². The molecule has 0 aliphatic carbocycles. The number of carbonyl (C=O) groups excluding carboxylic acids is 5. The molecule has 18 heteroatoms. The molecule has 1 fully saturated rings. The standard InChI is InChI=1S/C53H91N7O10.ClH/c1-6-8-10-12-14-16-18-20-22-24-26-28-30-35-41(61)68-44-45(50(65)56-40(52(66)67-5)34-32-33-37-54)70-51(60-38-55-43-47(60)57-53(59-49(43)64)58-48(63)39(3)4)46(44)69-42(62)36-31-29-27-25-23-21-19-17-15-13-11-9-7-2;/h38-40,44-46,51H,6-37,54H2,1-5H3,(H,56,65)(H2,57,58,59,63,64);1H/t40-,44+,45-,46+,51+;/m0./s1. The number of H-pyrrole nitrogens is 1. The quantitative estimate of drug-likeness (QED) is 0.0276. The Hall–Kier alpha value is -4.09. The normalized spacial score (nSPS) is 16.9. The van der Waals surface area contributed by atoms with E-state index in [4.69, 9.17) is 24.7 Å². The van der Waals surface area contributed by atoms with Crippen LogP contribution in [-0.4, -0.2) is 87.2 Å². The molecular formula is C53H92ClN7O10. The molecular weight excluding hydrogens is 930 g/mol. The lowest BCUT2D eigenvalue weighted by molar-refractivity contribution is -0.169. The van der Waals surface area contributed by atoms with Gasteiger partial charge in [-0.2, -0.15) is 4.98 Å². The molecule has 5 atom stereocenters. The van der Waals surface area contributed by atoms with E-state index in [9.17, 15) is 28.8 Å². The van der Waals surface area contributed by atoms with E-state index in [0.29, 0.717) is 32.2 Å². The summed E-state index contributed by atoms with van der Waals surface area (Å²) in [4.78, 5) is 92.1. The molecule has 0 unspecified atom stereocenters. The van der Waals surface area contributed by atoms with Gasteiger partial charge in [-0.1, -0.05) is 182 Å². The van der Waals surface area contributed by atoms with Gasteiger partial charge in [-0.15, -0.1) is 12.4 Å². The highest BCUT2D eigenvalue weighted by molar-refractivity contribution is 5.91. The van der Waals surface area contributed by atoms with E-state index in [2.05, 4.69) is 39.4 Å². The number of hydrogen-bond acceptors (Lipinski definition) is 13. The Balaban J connectivity index is 0.0000173. The number of carbonyl (C=O) groups is 5. The SMILES string of the molecule is CCCCCCCCCCCCCCCC(=O)O[C@@H]1[C@H](OC(=O)CCCCCCCCCCCCCCC)[C@@H](C(=O)N[C@@H](CCCCN)C(=O)OC)O[C@H]1n1cnc2c(=O)[nH]c(NC(=O)C(C)C)nc21.Cl. The van der Waals surface area contributed by atoms with Crippen molar-refractivity contribution in [1.82, 2.24) is 24.8 Å². The maximum atomic E-state index is 14.4. The molecule has 2 aromatic heterocycles. The number of esters is 3. The van der Waals surface area contributed by atoms with Crippen molar-refractivity contribution in [2.75, 3.05) is 19.0 Å². The van der Waals surface area contributed by atoms with Crippen molar-refractivity contribution in [2.45, 2.75) is 257 Å². The Morgan fingerprint density at radius 3 is 1.62 bits per heavy atom. The predicted octanol–water partition coefficient (Wildman–Crippen LogP) is 10.6. The van der Waals surface area contributed by atoms with E-state index >= 15 is 0 Å². The zero-order valence-corrected chi connectivity index (χ0v) is 44.9. The molecule has 2 aromatic rings.